The molecular weight excluding hydrogens is 192 g/mol. The fraction of sp³-hybridized carbons (Fsp3) is 0.545. The average molecular weight is 208 g/mol. The van der Waals surface area contributed by atoms with Crippen molar-refractivity contribution in [2.75, 3.05) is 0 Å². The highest BCUT2D eigenvalue weighted by molar-refractivity contribution is 5.84. The van der Waals surface area contributed by atoms with Gasteiger partial charge in [-0.05, 0) is 11.8 Å². The van der Waals surface area contributed by atoms with Gasteiger partial charge in [0.15, 0.2) is 5.69 Å². The van der Waals surface area contributed by atoms with Crippen molar-refractivity contribution in [1.82, 2.24) is 9.97 Å². The normalized spacial score (nSPS) is 11.1. The van der Waals surface area contributed by atoms with Crippen LogP contribution in [-0.4, -0.2) is 21.0 Å². The maximum atomic E-state index is 10.8. The molecule has 1 aromatic heterocycles. The van der Waals surface area contributed by atoms with Crippen molar-refractivity contribution in [3.63, 3.8) is 0 Å². The third-order valence-electron chi connectivity index (χ3n) is 2.14. The summed E-state index contributed by atoms with van der Waals surface area (Å²) in [7, 11) is 0. The van der Waals surface area contributed by atoms with Crippen LogP contribution in [0.4, 0.5) is 0 Å². The lowest BCUT2D eigenvalue weighted by atomic mass is 10.0. The lowest BCUT2D eigenvalue weighted by Gasteiger charge is -2.13. The molecule has 0 saturated carbocycles. The number of nitrogens with zero attached hydrogens (tertiary/aromatic N) is 2. The van der Waals surface area contributed by atoms with Gasteiger partial charge in [0, 0.05) is 0 Å². The molecule has 4 nitrogen and oxygen atoms in total. The Labute approximate surface area is 89.4 Å². The molecule has 0 radical (unpaired) electrons. The molecule has 0 atom stereocenters. The topological polar surface area (TPSA) is 63.1 Å². The zero-order valence-corrected chi connectivity index (χ0v) is 9.48. The van der Waals surface area contributed by atoms with Crippen molar-refractivity contribution in [1.29, 1.82) is 0 Å². The fourth-order valence-electron chi connectivity index (χ4n) is 1.39. The van der Waals surface area contributed by atoms with Gasteiger partial charge in [0.05, 0.1) is 17.6 Å². The first kappa shape index (κ1) is 11.6. The van der Waals surface area contributed by atoms with Crippen LogP contribution in [0.15, 0.2) is 6.20 Å². The Morgan fingerprint density at radius 1 is 1.20 bits per heavy atom. The Balaban J connectivity index is 3.27. The number of aromatic carboxylic acids is 1. The standard InChI is InChI=1S/C11H16N2O2/c1-6(2)9-10(7(3)4)13-8(5-12-9)11(14)15/h5-7H,1-4H3,(H,14,15). The highest BCUT2D eigenvalue weighted by atomic mass is 16.4. The summed E-state index contributed by atoms with van der Waals surface area (Å²) in [4.78, 5) is 19.1. The van der Waals surface area contributed by atoms with Gasteiger partial charge < -0.3 is 5.11 Å². The Hall–Kier alpha value is -1.45. The van der Waals surface area contributed by atoms with E-state index in [0.717, 1.165) is 11.4 Å². The SMILES string of the molecule is CC(C)c1ncc(C(=O)O)nc1C(C)C. The highest BCUT2D eigenvalue weighted by Gasteiger charge is 2.16. The Morgan fingerprint density at radius 2 is 1.73 bits per heavy atom. The van der Waals surface area contributed by atoms with E-state index in [0.29, 0.717) is 0 Å². The lowest BCUT2D eigenvalue weighted by Crippen LogP contribution is -2.10. The van der Waals surface area contributed by atoms with Gasteiger partial charge >= 0.3 is 5.97 Å². The molecule has 0 saturated heterocycles. The first-order chi connectivity index (χ1) is 6.93. The van der Waals surface area contributed by atoms with Gasteiger partial charge in [-0.1, -0.05) is 27.7 Å². The number of rotatable bonds is 3. The number of aromatic nitrogens is 2. The summed E-state index contributed by atoms with van der Waals surface area (Å²) in [6, 6.07) is 0. The number of carboxylic acids is 1. The van der Waals surface area contributed by atoms with Crippen LogP contribution in [0, 0.1) is 0 Å². The van der Waals surface area contributed by atoms with E-state index in [1.54, 1.807) is 0 Å². The first-order valence-electron chi connectivity index (χ1n) is 5.03. The van der Waals surface area contributed by atoms with Crippen LogP contribution in [0.25, 0.3) is 0 Å². The molecule has 15 heavy (non-hydrogen) atoms. The van der Waals surface area contributed by atoms with E-state index in [9.17, 15) is 4.79 Å². The van der Waals surface area contributed by atoms with E-state index < -0.39 is 5.97 Å². The minimum absolute atomic E-state index is 0.0168. The third kappa shape index (κ3) is 2.52. The molecule has 4 heteroatoms. The summed E-state index contributed by atoms with van der Waals surface area (Å²) < 4.78 is 0. The number of hydrogen-bond donors (Lipinski definition) is 1. The predicted octanol–water partition coefficient (Wildman–Crippen LogP) is 2.42. The molecule has 82 valence electrons. The van der Waals surface area contributed by atoms with Crippen LogP contribution < -0.4 is 0 Å². The molecule has 1 rings (SSSR count). The van der Waals surface area contributed by atoms with Crippen LogP contribution in [0.3, 0.4) is 0 Å². The van der Waals surface area contributed by atoms with Crippen LogP contribution in [0.2, 0.25) is 0 Å². The highest BCUT2D eigenvalue weighted by Crippen LogP contribution is 2.22. The van der Waals surface area contributed by atoms with E-state index in [1.165, 1.54) is 6.20 Å². The zero-order valence-electron chi connectivity index (χ0n) is 9.48. The van der Waals surface area contributed by atoms with E-state index in [4.69, 9.17) is 5.11 Å². The quantitative estimate of drug-likeness (QED) is 0.828. The molecule has 0 aliphatic heterocycles. The van der Waals surface area contributed by atoms with E-state index >= 15 is 0 Å². The van der Waals surface area contributed by atoms with Crippen molar-refractivity contribution in [2.45, 2.75) is 39.5 Å². The summed E-state index contributed by atoms with van der Waals surface area (Å²) >= 11 is 0. The van der Waals surface area contributed by atoms with Gasteiger partial charge in [-0.25, -0.2) is 9.78 Å². The number of carbonyl (C=O) groups is 1. The summed E-state index contributed by atoms with van der Waals surface area (Å²) in [6.07, 6.45) is 1.32. The minimum Gasteiger partial charge on any atom is -0.476 e. The van der Waals surface area contributed by atoms with Crippen molar-refractivity contribution < 1.29 is 9.90 Å². The molecule has 1 N–H and O–H groups in total. The minimum atomic E-state index is -1.03. The van der Waals surface area contributed by atoms with Gasteiger partial charge in [-0.3, -0.25) is 4.98 Å². The monoisotopic (exact) mass is 208 g/mol. The maximum absolute atomic E-state index is 10.8. The van der Waals surface area contributed by atoms with E-state index in [2.05, 4.69) is 9.97 Å². The molecule has 0 unspecified atom stereocenters. The molecule has 1 aromatic rings. The molecule has 0 aliphatic rings. The fourth-order valence-corrected chi connectivity index (χ4v) is 1.39. The van der Waals surface area contributed by atoms with Crippen LogP contribution in [0.5, 0.6) is 0 Å². The third-order valence-corrected chi connectivity index (χ3v) is 2.14. The number of hydrogen-bond acceptors (Lipinski definition) is 3. The maximum Gasteiger partial charge on any atom is 0.356 e. The summed E-state index contributed by atoms with van der Waals surface area (Å²) in [6.45, 7) is 8.02. The summed E-state index contributed by atoms with van der Waals surface area (Å²) in [5.74, 6) is -0.577. The molecular formula is C11H16N2O2. The van der Waals surface area contributed by atoms with E-state index in [1.807, 2.05) is 27.7 Å². The second kappa shape index (κ2) is 4.38. The van der Waals surface area contributed by atoms with Gasteiger partial charge in [0.2, 0.25) is 0 Å². The van der Waals surface area contributed by atoms with Crippen molar-refractivity contribution >= 4 is 5.97 Å². The van der Waals surface area contributed by atoms with Crippen LogP contribution in [-0.2, 0) is 0 Å². The summed E-state index contributed by atoms with van der Waals surface area (Å²) in [5.41, 5.74) is 1.68. The molecule has 0 aliphatic carbocycles. The van der Waals surface area contributed by atoms with Crippen molar-refractivity contribution in [3.8, 4) is 0 Å². The summed E-state index contributed by atoms with van der Waals surface area (Å²) in [5, 5.41) is 8.82. The Bertz CT molecular complexity index is 373. The second-order valence-corrected chi connectivity index (χ2v) is 4.14. The van der Waals surface area contributed by atoms with Gasteiger partial charge in [-0.2, -0.15) is 0 Å². The molecule has 0 amide bonds. The largest absolute Gasteiger partial charge is 0.476 e. The van der Waals surface area contributed by atoms with Gasteiger partial charge in [0.1, 0.15) is 0 Å². The van der Waals surface area contributed by atoms with Crippen LogP contribution >= 0.6 is 0 Å². The predicted molar refractivity (Wildman–Crippen MR) is 57.2 cm³/mol. The molecule has 1 heterocycles. The van der Waals surface area contributed by atoms with Crippen molar-refractivity contribution in [2.24, 2.45) is 0 Å². The smallest absolute Gasteiger partial charge is 0.356 e. The van der Waals surface area contributed by atoms with Crippen molar-refractivity contribution in [3.05, 3.63) is 23.3 Å². The molecule has 0 spiro atoms. The Kier molecular flexibility index (Phi) is 3.39. The molecule has 0 bridgehead atoms. The Morgan fingerprint density at radius 3 is 2.13 bits per heavy atom. The van der Waals surface area contributed by atoms with Gasteiger partial charge in [0.25, 0.3) is 0 Å². The number of carboxylic acid groups (broad SMARTS) is 1. The zero-order chi connectivity index (χ0) is 11.6. The lowest BCUT2D eigenvalue weighted by molar-refractivity contribution is 0.0689. The second-order valence-electron chi connectivity index (χ2n) is 4.14. The van der Waals surface area contributed by atoms with E-state index in [-0.39, 0.29) is 17.5 Å². The average Bonchev–Trinajstić information content (AvgIpc) is 2.16. The van der Waals surface area contributed by atoms with Gasteiger partial charge in [-0.15, -0.1) is 0 Å². The first-order valence-corrected chi connectivity index (χ1v) is 5.03. The molecule has 0 fully saturated rings. The van der Waals surface area contributed by atoms with Crippen LogP contribution in [0.1, 0.15) is 61.4 Å². The molecule has 0 aromatic carbocycles.